The van der Waals surface area contributed by atoms with Crippen molar-refractivity contribution in [1.82, 2.24) is 4.90 Å². The Hall–Kier alpha value is -1.21. The third-order valence-electron chi connectivity index (χ3n) is 2.96. The summed E-state index contributed by atoms with van der Waals surface area (Å²) in [4.78, 5) is 13.9. The van der Waals surface area contributed by atoms with Gasteiger partial charge in [0.15, 0.2) is 5.06 Å². The maximum Gasteiger partial charge on any atom is 0.266 e. The third kappa shape index (κ3) is 2.46. The summed E-state index contributed by atoms with van der Waals surface area (Å²) in [6.07, 6.45) is -0.386. The number of halogens is 2. The molecule has 2 heterocycles. The van der Waals surface area contributed by atoms with E-state index in [1.165, 1.54) is 23.3 Å². The van der Waals surface area contributed by atoms with Gasteiger partial charge in [0.2, 0.25) is 0 Å². The van der Waals surface area contributed by atoms with Crippen LogP contribution in [-0.2, 0) is 0 Å². The van der Waals surface area contributed by atoms with Gasteiger partial charge in [-0.1, -0.05) is 11.3 Å². The number of nitrogens with zero attached hydrogens (tertiary/aromatic N) is 1. The van der Waals surface area contributed by atoms with Crippen LogP contribution in [0.3, 0.4) is 0 Å². The van der Waals surface area contributed by atoms with Crippen LogP contribution in [-0.4, -0.2) is 43.0 Å². The number of ether oxygens (including phenoxy) is 1. The Morgan fingerprint density at radius 3 is 2.89 bits per heavy atom. The van der Waals surface area contributed by atoms with Crippen LogP contribution in [0.25, 0.3) is 0 Å². The van der Waals surface area contributed by atoms with E-state index in [0.29, 0.717) is 9.94 Å². The number of hydrogen-bond acceptors (Lipinski definition) is 4. The topological polar surface area (TPSA) is 55.6 Å². The molecule has 1 aromatic rings. The molecule has 0 aromatic carbocycles. The van der Waals surface area contributed by atoms with E-state index >= 15 is 0 Å². The lowest BCUT2D eigenvalue weighted by atomic mass is 10.0. The van der Waals surface area contributed by atoms with E-state index in [1.807, 2.05) is 0 Å². The standard InChI is InChI=1S/C11H14F2N2O2S/c1-17-9-3-2-7(18-9)10(16)15-5-4-11(12,13)8(14)6-15/h2-3,8H,4-6,14H2,1H3. The molecule has 1 unspecified atom stereocenters. The summed E-state index contributed by atoms with van der Waals surface area (Å²) >= 11 is 1.19. The lowest BCUT2D eigenvalue weighted by Crippen LogP contribution is -2.56. The quantitative estimate of drug-likeness (QED) is 0.892. The number of amides is 1. The summed E-state index contributed by atoms with van der Waals surface area (Å²) in [5.41, 5.74) is 5.38. The lowest BCUT2D eigenvalue weighted by Gasteiger charge is -2.36. The van der Waals surface area contributed by atoms with Crippen molar-refractivity contribution in [3.8, 4) is 5.06 Å². The number of methoxy groups -OCH3 is 1. The Bertz CT molecular complexity index is 450. The molecule has 1 aliphatic heterocycles. The molecule has 1 amide bonds. The predicted molar refractivity (Wildman–Crippen MR) is 64.3 cm³/mol. The summed E-state index contributed by atoms with van der Waals surface area (Å²) in [5.74, 6) is -3.15. The molecule has 7 heteroatoms. The Morgan fingerprint density at radius 1 is 1.61 bits per heavy atom. The van der Waals surface area contributed by atoms with Gasteiger partial charge in [-0.05, 0) is 12.1 Å². The molecule has 18 heavy (non-hydrogen) atoms. The summed E-state index contributed by atoms with van der Waals surface area (Å²) < 4.78 is 31.4. The average Bonchev–Trinajstić information content (AvgIpc) is 2.80. The van der Waals surface area contributed by atoms with Crippen molar-refractivity contribution >= 4 is 17.2 Å². The Balaban J connectivity index is 2.07. The third-order valence-corrected chi connectivity index (χ3v) is 3.99. The van der Waals surface area contributed by atoms with Crippen LogP contribution in [0, 0.1) is 0 Å². The molecule has 1 atom stereocenters. The minimum atomic E-state index is -2.89. The second kappa shape index (κ2) is 4.81. The van der Waals surface area contributed by atoms with E-state index in [-0.39, 0.29) is 25.4 Å². The first-order valence-electron chi connectivity index (χ1n) is 5.50. The molecule has 1 fully saturated rings. The number of hydrogen-bond donors (Lipinski definition) is 1. The largest absolute Gasteiger partial charge is 0.487 e. The van der Waals surface area contributed by atoms with Gasteiger partial charge in [0.1, 0.15) is 0 Å². The number of carbonyl (C=O) groups is 1. The van der Waals surface area contributed by atoms with Gasteiger partial charge < -0.3 is 15.4 Å². The van der Waals surface area contributed by atoms with E-state index in [9.17, 15) is 13.6 Å². The highest BCUT2D eigenvalue weighted by molar-refractivity contribution is 7.15. The fourth-order valence-corrected chi connectivity index (χ4v) is 2.61. The zero-order chi connectivity index (χ0) is 13.3. The summed E-state index contributed by atoms with van der Waals surface area (Å²) in [7, 11) is 1.51. The van der Waals surface area contributed by atoms with Crippen molar-refractivity contribution in [3.63, 3.8) is 0 Å². The van der Waals surface area contributed by atoms with Gasteiger partial charge in [-0.15, -0.1) is 0 Å². The first-order valence-corrected chi connectivity index (χ1v) is 6.32. The number of thiophene rings is 1. The highest BCUT2D eigenvalue weighted by Crippen LogP contribution is 2.30. The normalized spacial score (nSPS) is 22.9. The number of piperidine rings is 1. The molecule has 0 bridgehead atoms. The van der Waals surface area contributed by atoms with Crippen LogP contribution in [0.1, 0.15) is 16.1 Å². The van der Waals surface area contributed by atoms with Crippen molar-refractivity contribution in [2.24, 2.45) is 5.73 Å². The Morgan fingerprint density at radius 2 is 2.33 bits per heavy atom. The highest BCUT2D eigenvalue weighted by Gasteiger charge is 2.43. The van der Waals surface area contributed by atoms with Crippen LogP contribution < -0.4 is 10.5 Å². The molecule has 100 valence electrons. The number of nitrogens with two attached hydrogens (primary N) is 1. The first kappa shape index (κ1) is 13.2. The highest BCUT2D eigenvalue weighted by atomic mass is 32.1. The molecular formula is C11H14F2N2O2S. The van der Waals surface area contributed by atoms with Crippen molar-refractivity contribution in [2.75, 3.05) is 20.2 Å². The number of carbonyl (C=O) groups excluding carboxylic acids is 1. The zero-order valence-corrected chi connectivity index (χ0v) is 10.7. The maximum atomic E-state index is 13.2. The number of likely N-dealkylation sites (tertiary alicyclic amines) is 1. The molecule has 4 nitrogen and oxygen atoms in total. The molecular weight excluding hydrogens is 262 g/mol. The van der Waals surface area contributed by atoms with Crippen LogP contribution in [0.2, 0.25) is 0 Å². The van der Waals surface area contributed by atoms with Crippen molar-refractivity contribution in [2.45, 2.75) is 18.4 Å². The zero-order valence-electron chi connectivity index (χ0n) is 9.86. The minimum absolute atomic E-state index is 0.0275. The molecule has 0 aliphatic carbocycles. The van der Waals surface area contributed by atoms with Gasteiger partial charge in [-0.25, -0.2) is 8.78 Å². The predicted octanol–water partition coefficient (Wildman–Crippen LogP) is 1.57. The van der Waals surface area contributed by atoms with Crippen LogP contribution in [0.5, 0.6) is 5.06 Å². The molecule has 1 aromatic heterocycles. The SMILES string of the molecule is COc1ccc(C(=O)N2CCC(F)(F)C(N)C2)s1. The second-order valence-corrected chi connectivity index (χ2v) is 5.24. The molecule has 2 rings (SSSR count). The van der Waals surface area contributed by atoms with Gasteiger partial charge >= 0.3 is 0 Å². The van der Waals surface area contributed by atoms with E-state index < -0.39 is 12.0 Å². The van der Waals surface area contributed by atoms with Crippen molar-refractivity contribution in [3.05, 3.63) is 17.0 Å². The summed E-state index contributed by atoms with van der Waals surface area (Å²) in [5, 5.41) is 0.616. The van der Waals surface area contributed by atoms with Gasteiger partial charge in [0, 0.05) is 19.5 Å². The van der Waals surface area contributed by atoms with Crippen molar-refractivity contribution < 1.29 is 18.3 Å². The van der Waals surface area contributed by atoms with Crippen molar-refractivity contribution in [1.29, 1.82) is 0 Å². The lowest BCUT2D eigenvalue weighted by molar-refractivity contribution is -0.0662. The van der Waals surface area contributed by atoms with E-state index in [0.717, 1.165) is 0 Å². The average molecular weight is 276 g/mol. The Labute approximate surface area is 107 Å². The van der Waals surface area contributed by atoms with Crippen LogP contribution in [0.4, 0.5) is 8.78 Å². The monoisotopic (exact) mass is 276 g/mol. The molecule has 0 radical (unpaired) electrons. The maximum absolute atomic E-state index is 13.2. The fraction of sp³-hybridized carbons (Fsp3) is 0.545. The summed E-state index contributed by atoms with van der Waals surface area (Å²) in [6, 6.07) is 2.01. The van der Waals surface area contributed by atoms with E-state index in [4.69, 9.17) is 10.5 Å². The fourth-order valence-electron chi connectivity index (χ4n) is 1.82. The van der Waals surface area contributed by atoms with Gasteiger partial charge in [-0.2, -0.15) is 0 Å². The molecule has 2 N–H and O–H groups in total. The minimum Gasteiger partial charge on any atom is -0.487 e. The van der Waals surface area contributed by atoms with Crippen LogP contribution >= 0.6 is 11.3 Å². The molecule has 1 aliphatic rings. The second-order valence-electron chi connectivity index (χ2n) is 4.19. The smallest absolute Gasteiger partial charge is 0.266 e. The molecule has 1 saturated heterocycles. The number of rotatable bonds is 2. The van der Waals surface area contributed by atoms with Gasteiger partial charge in [-0.3, -0.25) is 4.79 Å². The van der Waals surface area contributed by atoms with Gasteiger partial charge in [0.05, 0.1) is 18.0 Å². The van der Waals surface area contributed by atoms with E-state index in [2.05, 4.69) is 0 Å². The Kier molecular flexibility index (Phi) is 3.54. The molecule has 0 saturated carbocycles. The first-order chi connectivity index (χ1) is 8.44. The molecule has 0 spiro atoms. The summed E-state index contributed by atoms with van der Waals surface area (Å²) in [6.45, 7) is -0.0915. The number of alkyl halides is 2. The van der Waals surface area contributed by atoms with E-state index in [1.54, 1.807) is 12.1 Å². The van der Waals surface area contributed by atoms with Crippen LogP contribution in [0.15, 0.2) is 12.1 Å². The van der Waals surface area contributed by atoms with Gasteiger partial charge in [0.25, 0.3) is 11.8 Å².